The van der Waals surface area contributed by atoms with Crippen molar-refractivity contribution >= 4 is 16.6 Å². The topological polar surface area (TPSA) is 22.3 Å². The van der Waals surface area contributed by atoms with E-state index in [0.29, 0.717) is 0 Å². The molecule has 0 spiro atoms. The van der Waals surface area contributed by atoms with Gasteiger partial charge >= 0.3 is 0 Å². The number of rotatable bonds is 4. The van der Waals surface area contributed by atoms with Crippen LogP contribution in [0.4, 0.5) is 5.69 Å². The fourth-order valence-corrected chi connectivity index (χ4v) is 2.00. The lowest BCUT2D eigenvalue weighted by molar-refractivity contribution is 0.414. The van der Waals surface area contributed by atoms with Crippen molar-refractivity contribution in [3.63, 3.8) is 0 Å². The van der Waals surface area contributed by atoms with Crippen LogP contribution in [0, 0.1) is 0 Å². The number of anilines is 1. The third-order valence-corrected chi connectivity index (χ3v) is 3.10. The van der Waals surface area contributed by atoms with Gasteiger partial charge < -0.3 is 14.8 Å². The van der Waals surface area contributed by atoms with Crippen molar-refractivity contribution < 1.29 is 0 Å². The molecule has 1 N–H and O–H groups in total. The first-order valence-electron chi connectivity index (χ1n) is 6.00. The van der Waals surface area contributed by atoms with E-state index in [4.69, 9.17) is 0 Å². The molecule has 1 heterocycles. The Labute approximate surface area is 103 Å². The van der Waals surface area contributed by atoms with E-state index in [2.05, 4.69) is 67.4 Å². The lowest BCUT2D eigenvalue weighted by Crippen LogP contribution is -2.14. The monoisotopic (exact) mass is 231 g/mol. The third kappa shape index (κ3) is 2.61. The summed E-state index contributed by atoms with van der Waals surface area (Å²) in [6.45, 7) is 1.08. The number of hydrogen-bond donors (Lipinski definition) is 1. The van der Waals surface area contributed by atoms with Crippen LogP contribution in [0.2, 0.25) is 0 Å². The molecular weight excluding hydrogens is 210 g/mol. The first kappa shape index (κ1) is 12.0. The van der Waals surface area contributed by atoms with Crippen LogP contribution in [0.3, 0.4) is 0 Å². The van der Waals surface area contributed by atoms with E-state index >= 15 is 0 Å². The number of nitrogens with one attached hydrogen (secondary N) is 1. The van der Waals surface area contributed by atoms with Gasteiger partial charge in [-0.1, -0.05) is 0 Å². The summed E-state index contributed by atoms with van der Waals surface area (Å²) in [5.74, 6) is 0. The number of likely N-dealkylation sites (N-methyl/N-ethyl adjacent to an activating group) is 1. The second-order valence-electron chi connectivity index (χ2n) is 4.99. The Kier molecular flexibility index (Phi) is 3.38. The van der Waals surface area contributed by atoms with Crippen molar-refractivity contribution in [1.29, 1.82) is 0 Å². The maximum Gasteiger partial charge on any atom is 0.0458 e. The average Bonchev–Trinajstić information content (AvgIpc) is 2.68. The molecule has 0 aliphatic heterocycles. The zero-order valence-electron chi connectivity index (χ0n) is 11.1. The average molecular weight is 231 g/mol. The summed E-state index contributed by atoms with van der Waals surface area (Å²) in [7, 11) is 8.38. The van der Waals surface area contributed by atoms with Crippen molar-refractivity contribution in [3.8, 4) is 0 Å². The number of fused-ring (bicyclic) bond motifs is 1. The zero-order valence-corrected chi connectivity index (χ0v) is 11.1. The molecule has 0 fully saturated rings. The molecule has 2 rings (SSSR count). The quantitative estimate of drug-likeness (QED) is 0.872. The van der Waals surface area contributed by atoms with Crippen molar-refractivity contribution in [3.05, 3.63) is 30.0 Å². The standard InChI is InChI=1S/C14H21N3/c1-16(2)8-7-11-10-15-14-6-5-12(17(3)4)9-13(11)14/h5-6,9-10,15H,7-8H2,1-4H3. The van der Waals surface area contributed by atoms with Crippen LogP contribution >= 0.6 is 0 Å². The van der Waals surface area contributed by atoms with Crippen molar-refractivity contribution in [2.75, 3.05) is 39.6 Å². The highest BCUT2D eigenvalue weighted by atomic mass is 15.1. The minimum atomic E-state index is 1.08. The second-order valence-corrected chi connectivity index (χ2v) is 4.99. The predicted molar refractivity (Wildman–Crippen MR) is 74.9 cm³/mol. The summed E-state index contributed by atoms with van der Waals surface area (Å²) < 4.78 is 0. The number of benzene rings is 1. The third-order valence-electron chi connectivity index (χ3n) is 3.10. The van der Waals surface area contributed by atoms with Crippen LogP contribution in [0.1, 0.15) is 5.56 Å². The minimum Gasteiger partial charge on any atom is -0.378 e. The van der Waals surface area contributed by atoms with Gasteiger partial charge in [0.15, 0.2) is 0 Å². The van der Waals surface area contributed by atoms with Crippen LogP contribution in [-0.2, 0) is 6.42 Å². The van der Waals surface area contributed by atoms with Crippen LogP contribution in [0.25, 0.3) is 10.9 Å². The molecule has 0 aliphatic carbocycles. The molecule has 1 aromatic heterocycles. The van der Waals surface area contributed by atoms with E-state index in [1.54, 1.807) is 0 Å². The van der Waals surface area contributed by atoms with Gasteiger partial charge in [-0.05, 0) is 44.3 Å². The van der Waals surface area contributed by atoms with Crippen molar-refractivity contribution in [2.24, 2.45) is 0 Å². The number of nitrogens with zero attached hydrogens (tertiary/aromatic N) is 2. The molecule has 0 aliphatic rings. The van der Waals surface area contributed by atoms with Crippen molar-refractivity contribution in [2.45, 2.75) is 6.42 Å². The van der Waals surface area contributed by atoms with Crippen LogP contribution in [0.15, 0.2) is 24.4 Å². The van der Waals surface area contributed by atoms with Gasteiger partial charge in [0.05, 0.1) is 0 Å². The van der Waals surface area contributed by atoms with Crippen LogP contribution < -0.4 is 4.90 Å². The summed E-state index contributed by atoms with van der Waals surface area (Å²) in [4.78, 5) is 7.70. The Bertz CT molecular complexity index is 497. The molecule has 92 valence electrons. The van der Waals surface area contributed by atoms with Gasteiger partial charge in [-0.15, -0.1) is 0 Å². The number of aromatic amines is 1. The van der Waals surface area contributed by atoms with Gasteiger partial charge in [-0.3, -0.25) is 0 Å². The number of aromatic nitrogens is 1. The first-order valence-corrected chi connectivity index (χ1v) is 6.00. The highest BCUT2D eigenvalue weighted by Gasteiger charge is 2.05. The molecule has 0 radical (unpaired) electrons. The van der Waals surface area contributed by atoms with E-state index in [-0.39, 0.29) is 0 Å². The van der Waals surface area contributed by atoms with E-state index in [9.17, 15) is 0 Å². The molecule has 0 amide bonds. The largest absolute Gasteiger partial charge is 0.378 e. The molecule has 0 bridgehead atoms. The van der Waals surface area contributed by atoms with Gasteiger partial charge in [0, 0.05) is 43.4 Å². The molecule has 2 aromatic rings. The molecule has 0 unspecified atom stereocenters. The fourth-order valence-electron chi connectivity index (χ4n) is 2.00. The predicted octanol–water partition coefficient (Wildman–Crippen LogP) is 2.34. The molecule has 3 nitrogen and oxygen atoms in total. The van der Waals surface area contributed by atoms with Gasteiger partial charge in [-0.2, -0.15) is 0 Å². The van der Waals surface area contributed by atoms with E-state index in [1.807, 2.05) is 0 Å². The number of H-pyrrole nitrogens is 1. The Morgan fingerprint density at radius 2 is 1.88 bits per heavy atom. The van der Waals surface area contributed by atoms with Gasteiger partial charge in [0.2, 0.25) is 0 Å². The van der Waals surface area contributed by atoms with Crippen LogP contribution in [-0.4, -0.2) is 44.6 Å². The molecule has 0 saturated heterocycles. The van der Waals surface area contributed by atoms with E-state index in [1.165, 1.54) is 22.2 Å². The smallest absolute Gasteiger partial charge is 0.0458 e. The fraction of sp³-hybridized carbons (Fsp3) is 0.429. The normalized spacial score (nSPS) is 11.4. The van der Waals surface area contributed by atoms with Gasteiger partial charge in [0.1, 0.15) is 0 Å². The lowest BCUT2D eigenvalue weighted by Gasteiger charge is -2.13. The summed E-state index contributed by atoms with van der Waals surface area (Å²) in [5.41, 5.74) is 3.88. The summed E-state index contributed by atoms with van der Waals surface area (Å²) in [6, 6.07) is 6.56. The highest BCUT2D eigenvalue weighted by molar-refractivity contribution is 5.86. The molecule has 1 aromatic carbocycles. The molecule has 3 heteroatoms. The van der Waals surface area contributed by atoms with Crippen molar-refractivity contribution in [1.82, 2.24) is 9.88 Å². The van der Waals surface area contributed by atoms with Gasteiger partial charge in [0.25, 0.3) is 0 Å². The Morgan fingerprint density at radius 3 is 2.53 bits per heavy atom. The Morgan fingerprint density at radius 1 is 1.12 bits per heavy atom. The highest BCUT2D eigenvalue weighted by Crippen LogP contribution is 2.24. The Balaban J connectivity index is 2.33. The molecular formula is C14H21N3. The molecule has 0 saturated carbocycles. The zero-order chi connectivity index (χ0) is 12.4. The summed E-state index contributed by atoms with van der Waals surface area (Å²) in [5, 5.41) is 1.35. The van der Waals surface area contributed by atoms with E-state index < -0.39 is 0 Å². The Hall–Kier alpha value is -1.48. The molecule has 17 heavy (non-hydrogen) atoms. The summed E-state index contributed by atoms with van der Waals surface area (Å²) in [6.07, 6.45) is 3.22. The summed E-state index contributed by atoms with van der Waals surface area (Å²) >= 11 is 0. The SMILES string of the molecule is CN(C)CCc1c[nH]c2ccc(N(C)C)cc12. The van der Waals surface area contributed by atoms with E-state index in [0.717, 1.165) is 13.0 Å². The maximum atomic E-state index is 3.34. The second kappa shape index (κ2) is 4.80. The first-order chi connectivity index (χ1) is 8.08. The van der Waals surface area contributed by atoms with Crippen LogP contribution in [0.5, 0.6) is 0 Å². The van der Waals surface area contributed by atoms with Gasteiger partial charge in [-0.25, -0.2) is 0 Å². The number of hydrogen-bond acceptors (Lipinski definition) is 2. The maximum absolute atomic E-state index is 3.34. The lowest BCUT2D eigenvalue weighted by atomic mass is 10.1. The molecule has 0 atom stereocenters. The minimum absolute atomic E-state index is 1.08.